The number of carboxylic acid groups (broad SMARTS) is 2. The number of hydrogen-bond acceptors (Lipinski definition) is 3. The third kappa shape index (κ3) is 2.21. The van der Waals surface area contributed by atoms with E-state index in [1.165, 1.54) is 0 Å². The number of halogens is 1. The van der Waals surface area contributed by atoms with E-state index in [-0.39, 0.29) is 11.3 Å². The van der Waals surface area contributed by atoms with E-state index in [9.17, 15) is 9.59 Å². The van der Waals surface area contributed by atoms with Gasteiger partial charge in [-0.2, -0.15) is 0 Å². The molecule has 0 saturated carbocycles. The number of carboxylic acids is 2. The summed E-state index contributed by atoms with van der Waals surface area (Å²) in [4.78, 5) is 25.8. The molecule has 1 aromatic heterocycles. The highest BCUT2D eigenvalue weighted by Crippen LogP contribution is 2.21. The van der Waals surface area contributed by atoms with E-state index in [4.69, 9.17) is 10.2 Å². The molecule has 0 aliphatic carbocycles. The van der Waals surface area contributed by atoms with E-state index in [0.717, 1.165) is 9.64 Å². The minimum absolute atomic E-state index is 0.0501. The summed E-state index contributed by atoms with van der Waals surface area (Å²) in [6.45, 7) is 0. The van der Waals surface area contributed by atoms with Crippen molar-refractivity contribution >= 4 is 45.4 Å². The van der Waals surface area contributed by atoms with Crippen LogP contribution in [0.15, 0.2) is 24.3 Å². The molecule has 2 N–H and O–H groups in total. The molecule has 0 saturated heterocycles. The molecule has 1 heterocycles. The number of hydrogen-bond donors (Lipinski definition) is 2. The van der Waals surface area contributed by atoms with Crippen LogP contribution < -0.4 is 0 Å². The SMILES string of the molecule is O=C(O)c1cc(C(=O)O)c2cc(I)ccc2n1. The number of aromatic carboxylic acids is 2. The Kier molecular flexibility index (Phi) is 2.97. The molecule has 6 heteroatoms. The summed E-state index contributed by atoms with van der Waals surface area (Å²) in [5.74, 6) is -2.41. The van der Waals surface area contributed by atoms with Crippen LogP contribution in [0.25, 0.3) is 10.9 Å². The van der Waals surface area contributed by atoms with E-state index in [2.05, 4.69) is 27.6 Å². The maximum Gasteiger partial charge on any atom is 0.354 e. The van der Waals surface area contributed by atoms with Crippen molar-refractivity contribution in [1.29, 1.82) is 0 Å². The van der Waals surface area contributed by atoms with Crippen LogP contribution in [0.5, 0.6) is 0 Å². The highest BCUT2D eigenvalue weighted by Gasteiger charge is 2.15. The minimum Gasteiger partial charge on any atom is -0.478 e. The van der Waals surface area contributed by atoms with Gasteiger partial charge in [-0.1, -0.05) is 0 Å². The predicted molar refractivity (Wildman–Crippen MR) is 68.4 cm³/mol. The van der Waals surface area contributed by atoms with Gasteiger partial charge in [0.05, 0.1) is 11.1 Å². The van der Waals surface area contributed by atoms with Gasteiger partial charge in [-0.15, -0.1) is 0 Å². The van der Waals surface area contributed by atoms with Gasteiger partial charge in [-0.05, 0) is 46.9 Å². The zero-order chi connectivity index (χ0) is 12.6. The Morgan fingerprint density at radius 2 is 1.82 bits per heavy atom. The average Bonchev–Trinajstić information content (AvgIpc) is 2.27. The number of pyridine rings is 1. The van der Waals surface area contributed by atoms with Crippen molar-refractivity contribution in [2.24, 2.45) is 0 Å². The molecular weight excluding hydrogens is 337 g/mol. The van der Waals surface area contributed by atoms with Crippen molar-refractivity contribution in [2.75, 3.05) is 0 Å². The smallest absolute Gasteiger partial charge is 0.354 e. The first-order chi connectivity index (χ1) is 7.99. The number of rotatable bonds is 2. The fraction of sp³-hybridized carbons (Fsp3) is 0. The molecule has 0 bridgehead atoms. The van der Waals surface area contributed by atoms with E-state index in [0.29, 0.717) is 10.9 Å². The van der Waals surface area contributed by atoms with Crippen LogP contribution in [0.4, 0.5) is 0 Å². The molecule has 0 aliphatic heterocycles. The van der Waals surface area contributed by atoms with Gasteiger partial charge in [0.15, 0.2) is 0 Å². The Hall–Kier alpha value is -1.70. The number of aromatic nitrogens is 1. The first kappa shape index (κ1) is 11.8. The lowest BCUT2D eigenvalue weighted by molar-refractivity contribution is 0.0691. The van der Waals surface area contributed by atoms with Gasteiger partial charge in [0, 0.05) is 8.96 Å². The first-order valence-electron chi connectivity index (χ1n) is 4.56. The van der Waals surface area contributed by atoms with Gasteiger partial charge >= 0.3 is 11.9 Å². The highest BCUT2D eigenvalue weighted by molar-refractivity contribution is 14.1. The van der Waals surface area contributed by atoms with E-state index in [1.807, 2.05) is 0 Å². The van der Waals surface area contributed by atoms with Crippen LogP contribution in [-0.4, -0.2) is 27.1 Å². The second-order valence-electron chi connectivity index (χ2n) is 3.33. The zero-order valence-corrected chi connectivity index (χ0v) is 10.5. The fourth-order valence-corrected chi connectivity index (χ4v) is 1.98. The van der Waals surface area contributed by atoms with Crippen molar-refractivity contribution in [2.45, 2.75) is 0 Å². The molecule has 17 heavy (non-hydrogen) atoms. The summed E-state index contributed by atoms with van der Waals surface area (Å²) in [6, 6.07) is 6.09. The molecule has 2 rings (SSSR count). The lowest BCUT2D eigenvalue weighted by atomic mass is 10.1. The normalized spacial score (nSPS) is 10.4. The molecule has 5 nitrogen and oxygen atoms in total. The highest BCUT2D eigenvalue weighted by atomic mass is 127. The Balaban J connectivity index is 2.86. The topological polar surface area (TPSA) is 87.5 Å². The maximum atomic E-state index is 11.1. The molecular formula is C11H6INO4. The Morgan fingerprint density at radius 3 is 2.41 bits per heavy atom. The van der Waals surface area contributed by atoms with E-state index >= 15 is 0 Å². The minimum atomic E-state index is -1.24. The average molecular weight is 343 g/mol. The molecule has 0 aliphatic rings. The van der Waals surface area contributed by atoms with Crippen molar-refractivity contribution in [3.8, 4) is 0 Å². The number of fused-ring (bicyclic) bond motifs is 1. The molecule has 86 valence electrons. The number of nitrogens with zero attached hydrogens (tertiary/aromatic N) is 1. The lowest BCUT2D eigenvalue weighted by Crippen LogP contribution is -2.06. The summed E-state index contributed by atoms with van der Waals surface area (Å²) in [6.07, 6.45) is 0. The van der Waals surface area contributed by atoms with Crippen molar-refractivity contribution < 1.29 is 19.8 Å². The predicted octanol–water partition coefficient (Wildman–Crippen LogP) is 2.24. The molecule has 0 spiro atoms. The fourth-order valence-electron chi connectivity index (χ4n) is 1.48. The summed E-state index contributed by atoms with van der Waals surface area (Å²) >= 11 is 2.05. The second kappa shape index (κ2) is 4.28. The Morgan fingerprint density at radius 1 is 1.12 bits per heavy atom. The van der Waals surface area contributed by atoms with Crippen LogP contribution in [-0.2, 0) is 0 Å². The molecule has 1 aromatic carbocycles. The molecule has 2 aromatic rings. The lowest BCUT2D eigenvalue weighted by Gasteiger charge is -2.04. The summed E-state index contributed by atoms with van der Waals surface area (Å²) in [7, 11) is 0. The summed E-state index contributed by atoms with van der Waals surface area (Å²) in [5.41, 5.74) is 0.0461. The monoisotopic (exact) mass is 343 g/mol. The van der Waals surface area contributed by atoms with Crippen LogP contribution in [0.2, 0.25) is 0 Å². The molecule has 0 unspecified atom stereocenters. The van der Waals surface area contributed by atoms with Crippen molar-refractivity contribution in [1.82, 2.24) is 4.98 Å². The quantitative estimate of drug-likeness (QED) is 0.817. The molecule has 0 fully saturated rings. The van der Waals surface area contributed by atoms with Gasteiger partial charge < -0.3 is 10.2 Å². The van der Waals surface area contributed by atoms with E-state index in [1.54, 1.807) is 18.2 Å². The van der Waals surface area contributed by atoms with Crippen LogP contribution in [0.3, 0.4) is 0 Å². The zero-order valence-electron chi connectivity index (χ0n) is 8.35. The first-order valence-corrected chi connectivity index (χ1v) is 5.64. The molecule has 0 atom stereocenters. The van der Waals surface area contributed by atoms with Gasteiger partial charge in [0.2, 0.25) is 0 Å². The maximum absolute atomic E-state index is 11.1. The van der Waals surface area contributed by atoms with Gasteiger partial charge in [0.25, 0.3) is 0 Å². The van der Waals surface area contributed by atoms with Gasteiger partial charge in [-0.3, -0.25) is 0 Å². The van der Waals surface area contributed by atoms with Gasteiger partial charge in [0.1, 0.15) is 5.69 Å². The standard InChI is InChI=1S/C11H6INO4/c12-5-1-2-8-6(3-5)7(10(14)15)4-9(13-8)11(16)17/h1-4H,(H,14,15)(H,16,17). The van der Waals surface area contributed by atoms with Crippen molar-refractivity contribution in [3.05, 3.63) is 39.1 Å². The third-order valence-electron chi connectivity index (χ3n) is 2.22. The summed E-state index contributed by atoms with van der Waals surface area (Å²) < 4.78 is 0.863. The Bertz CT molecular complexity index is 639. The second-order valence-corrected chi connectivity index (χ2v) is 4.57. The van der Waals surface area contributed by atoms with Crippen LogP contribution in [0.1, 0.15) is 20.8 Å². The largest absolute Gasteiger partial charge is 0.478 e. The number of carbonyl (C=O) groups is 2. The van der Waals surface area contributed by atoms with Crippen LogP contribution >= 0.6 is 22.6 Å². The van der Waals surface area contributed by atoms with Crippen molar-refractivity contribution in [3.63, 3.8) is 0 Å². The Labute approximate surface area is 109 Å². The third-order valence-corrected chi connectivity index (χ3v) is 2.89. The summed E-state index contributed by atoms with van der Waals surface area (Å²) in [5, 5.41) is 18.3. The number of benzene rings is 1. The van der Waals surface area contributed by atoms with Gasteiger partial charge in [-0.25, -0.2) is 14.6 Å². The molecule has 0 radical (unpaired) electrons. The molecule has 0 amide bonds. The van der Waals surface area contributed by atoms with E-state index < -0.39 is 11.9 Å². The van der Waals surface area contributed by atoms with Crippen LogP contribution in [0, 0.1) is 3.57 Å².